The second-order valence-corrected chi connectivity index (χ2v) is 6.64. The minimum Gasteiger partial charge on any atom is -0.387 e. The van der Waals surface area contributed by atoms with Gasteiger partial charge in [0, 0.05) is 23.8 Å². The quantitative estimate of drug-likeness (QED) is 0.587. The Balaban J connectivity index is 1.97. The van der Waals surface area contributed by atoms with Crippen LogP contribution in [0.4, 0.5) is 23.7 Å². The topological polar surface area (TPSA) is 90.5 Å². The molecule has 2 aromatic carbocycles. The maximum Gasteiger partial charge on any atom is 0.416 e. The van der Waals surface area contributed by atoms with E-state index in [9.17, 15) is 27.9 Å². The van der Waals surface area contributed by atoms with Crippen molar-refractivity contribution in [2.75, 3.05) is 11.9 Å². The van der Waals surface area contributed by atoms with Crippen LogP contribution in [0.1, 0.15) is 41.4 Å². The molecule has 6 nitrogen and oxygen atoms in total. The lowest BCUT2D eigenvalue weighted by molar-refractivity contribution is -0.139. The van der Waals surface area contributed by atoms with E-state index in [4.69, 9.17) is 0 Å². The number of amides is 3. The number of hydrogen-bond donors (Lipinski definition) is 4. The Morgan fingerprint density at radius 1 is 1.03 bits per heavy atom. The molecule has 0 aromatic heterocycles. The summed E-state index contributed by atoms with van der Waals surface area (Å²) in [5.41, 5.74) is -0.553. The summed E-state index contributed by atoms with van der Waals surface area (Å²) in [7, 11) is 0. The standard InChI is InChI=1S/C20H22F3N3O3/c1-12(2)25-19(29)26-14-9-7-13(8-10-14)18(28)24-11-17(27)15-5-3-4-6-16(15)20(21,22)23/h3-10,12,17,27H,11H2,1-2H3,(H,24,28)(H2,25,26,29). The van der Waals surface area contributed by atoms with E-state index in [0.29, 0.717) is 5.69 Å². The van der Waals surface area contributed by atoms with Crippen LogP contribution in [-0.2, 0) is 6.18 Å². The third kappa shape index (κ3) is 6.49. The number of alkyl halides is 3. The van der Waals surface area contributed by atoms with Crippen molar-refractivity contribution in [3.63, 3.8) is 0 Å². The number of carbonyl (C=O) groups is 2. The summed E-state index contributed by atoms with van der Waals surface area (Å²) in [6, 6.07) is 10.2. The smallest absolute Gasteiger partial charge is 0.387 e. The van der Waals surface area contributed by atoms with Gasteiger partial charge in [0.25, 0.3) is 5.91 Å². The third-order valence-corrected chi connectivity index (χ3v) is 3.91. The van der Waals surface area contributed by atoms with E-state index in [2.05, 4.69) is 16.0 Å². The van der Waals surface area contributed by atoms with Crippen molar-refractivity contribution in [3.8, 4) is 0 Å². The number of anilines is 1. The van der Waals surface area contributed by atoms with Gasteiger partial charge in [-0.25, -0.2) is 4.79 Å². The fraction of sp³-hybridized carbons (Fsp3) is 0.300. The normalized spacial score (nSPS) is 12.4. The Morgan fingerprint density at radius 2 is 1.66 bits per heavy atom. The van der Waals surface area contributed by atoms with Gasteiger partial charge in [-0.3, -0.25) is 4.79 Å². The molecule has 1 atom stereocenters. The van der Waals surface area contributed by atoms with Crippen LogP contribution in [0, 0.1) is 0 Å². The molecule has 0 aliphatic heterocycles. The SMILES string of the molecule is CC(C)NC(=O)Nc1ccc(C(=O)NCC(O)c2ccccc2C(F)(F)F)cc1. The number of halogens is 3. The molecule has 0 bridgehead atoms. The number of nitrogens with one attached hydrogen (secondary N) is 3. The first-order valence-corrected chi connectivity index (χ1v) is 8.88. The van der Waals surface area contributed by atoms with Crippen LogP contribution in [0.2, 0.25) is 0 Å². The predicted octanol–water partition coefficient (Wildman–Crippen LogP) is 3.70. The second-order valence-electron chi connectivity index (χ2n) is 6.64. The molecule has 0 spiro atoms. The summed E-state index contributed by atoms with van der Waals surface area (Å²) in [5.74, 6) is -0.563. The third-order valence-electron chi connectivity index (χ3n) is 3.91. The molecule has 0 saturated heterocycles. The Kier molecular flexibility index (Phi) is 7.22. The summed E-state index contributed by atoms with van der Waals surface area (Å²) in [5, 5.41) is 17.8. The van der Waals surface area contributed by atoms with Gasteiger partial charge in [-0.15, -0.1) is 0 Å². The summed E-state index contributed by atoms with van der Waals surface area (Å²) >= 11 is 0. The van der Waals surface area contributed by atoms with Crippen molar-refractivity contribution in [2.24, 2.45) is 0 Å². The number of aliphatic hydroxyl groups excluding tert-OH is 1. The van der Waals surface area contributed by atoms with Crippen molar-refractivity contribution < 1.29 is 27.9 Å². The van der Waals surface area contributed by atoms with E-state index in [1.54, 1.807) is 0 Å². The lowest BCUT2D eigenvalue weighted by Crippen LogP contribution is -2.34. The molecule has 0 aliphatic rings. The highest BCUT2D eigenvalue weighted by atomic mass is 19.4. The summed E-state index contributed by atoms with van der Waals surface area (Å²) < 4.78 is 39.1. The molecule has 9 heteroatoms. The van der Waals surface area contributed by atoms with Gasteiger partial charge in [0.05, 0.1) is 11.7 Å². The van der Waals surface area contributed by atoms with Crippen molar-refractivity contribution in [1.82, 2.24) is 10.6 Å². The minimum absolute atomic E-state index is 0.0334. The summed E-state index contributed by atoms with van der Waals surface area (Å²) in [4.78, 5) is 23.8. The molecule has 2 aromatic rings. The molecular weight excluding hydrogens is 387 g/mol. The van der Waals surface area contributed by atoms with Gasteiger partial charge in [-0.05, 0) is 49.7 Å². The molecule has 4 N–H and O–H groups in total. The highest BCUT2D eigenvalue weighted by Gasteiger charge is 2.34. The molecule has 0 fully saturated rings. The molecule has 1 unspecified atom stereocenters. The number of urea groups is 1. The molecule has 0 aliphatic carbocycles. The monoisotopic (exact) mass is 409 g/mol. The zero-order chi connectivity index (χ0) is 21.6. The minimum atomic E-state index is -4.60. The number of aliphatic hydroxyl groups is 1. The first-order chi connectivity index (χ1) is 13.6. The van der Waals surface area contributed by atoms with Crippen molar-refractivity contribution in [2.45, 2.75) is 32.2 Å². The Morgan fingerprint density at radius 3 is 2.24 bits per heavy atom. The summed E-state index contributed by atoms with van der Waals surface area (Å²) in [6.07, 6.45) is -6.12. The van der Waals surface area contributed by atoms with Crippen LogP contribution in [0.15, 0.2) is 48.5 Å². The Bertz CT molecular complexity index is 852. The molecule has 0 heterocycles. The van der Waals surface area contributed by atoms with Crippen LogP contribution in [0.25, 0.3) is 0 Å². The average Bonchev–Trinajstić information content (AvgIpc) is 2.65. The van der Waals surface area contributed by atoms with Gasteiger partial charge in [0.2, 0.25) is 0 Å². The summed E-state index contributed by atoms with van der Waals surface area (Å²) in [6.45, 7) is 3.24. The zero-order valence-electron chi connectivity index (χ0n) is 15.9. The molecule has 0 saturated carbocycles. The maximum atomic E-state index is 13.0. The molecule has 156 valence electrons. The van der Waals surface area contributed by atoms with Crippen molar-refractivity contribution in [1.29, 1.82) is 0 Å². The Labute approximate surface area is 166 Å². The van der Waals surface area contributed by atoms with E-state index < -0.39 is 23.8 Å². The molecule has 2 rings (SSSR count). The molecule has 29 heavy (non-hydrogen) atoms. The molecule has 3 amide bonds. The van der Waals surface area contributed by atoms with Crippen molar-refractivity contribution >= 4 is 17.6 Å². The lowest BCUT2D eigenvalue weighted by atomic mass is 10.0. The van der Waals surface area contributed by atoms with Crippen LogP contribution >= 0.6 is 0 Å². The predicted molar refractivity (Wildman–Crippen MR) is 102 cm³/mol. The lowest BCUT2D eigenvalue weighted by Gasteiger charge is -2.18. The van der Waals surface area contributed by atoms with Crippen LogP contribution in [0.3, 0.4) is 0 Å². The van der Waals surface area contributed by atoms with E-state index in [1.165, 1.54) is 42.5 Å². The highest BCUT2D eigenvalue weighted by molar-refractivity contribution is 5.95. The fourth-order valence-corrected chi connectivity index (χ4v) is 2.58. The van der Waals surface area contributed by atoms with Gasteiger partial charge in [0.1, 0.15) is 0 Å². The van der Waals surface area contributed by atoms with E-state index in [0.717, 1.165) is 6.07 Å². The first-order valence-electron chi connectivity index (χ1n) is 8.88. The van der Waals surface area contributed by atoms with Gasteiger partial charge < -0.3 is 21.1 Å². The van der Waals surface area contributed by atoms with Crippen molar-refractivity contribution in [3.05, 3.63) is 65.2 Å². The largest absolute Gasteiger partial charge is 0.416 e. The second kappa shape index (κ2) is 9.42. The maximum absolute atomic E-state index is 13.0. The fourth-order valence-electron chi connectivity index (χ4n) is 2.58. The van der Waals surface area contributed by atoms with Gasteiger partial charge in [-0.1, -0.05) is 18.2 Å². The number of carbonyl (C=O) groups excluding carboxylic acids is 2. The molecule has 0 radical (unpaired) electrons. The number of rotatable bonds is 6. The van der Waals surface area contributed by atoms with Gasteiger partial charge in [-0.2, -0.15) is 13.2 Å². The number of benzene rings is 2. The van der Waals surface area contributed by atoms with E-state index in [-0.39, 0.29) is 29.7 Å². The van der Waals surface area contributed by atoms with E-state index in [1.807, 2.05) is 13.8 Å². The Hall–Kier alpha value is -3.07. The average molecular weight is 409 g/mol. The first kappa shape index (κ1) is 22.2. The highest BCUT2D eigenvalue weighted by Crippen LogP contribution is 2.34. The van der Waals surface area contributed by atoms with Crippen LogP contribution < -0.4 is 16.0 Å². The number of hydrogen-bond acceptors (Lipinski definition) is 3. The van der Waals surface area contributed by atoms with Gasteiger partial charge >= 0.3 is 12.2 Å². The van der Waals surface area contributed by atoms with Crippen LogP contribution in [-0.4, -0.2) is 29.6 Å². The van der Waals surface area contributed by atoms with E-state index >= 15 is 0 Å². The zero-order valence-corrected chi connectivity index (χ0v) is 15.9. The molecular formula is C20H22F3N3O3. The van der Waals surface area contributed by atoms with Gasteiger partial charge in [0.15, 0.2) is 0 Å². The van der Waals surface area contributed by atoms with Crippen LogP contribution in [0.5, 0.6) is 0 Å².